The molecule has 0 radical (unpaired) electrons. The number of ether oxygens (including phenoxy) is 1. The van der Waals surface area contributed by atoms with Gasteiger partial charge in [-0.05, 0) is 12.5 Å². The zero-order valence-electron chi connectivity index (χ0n) is 12.3. The Morgan fingerprint density at radius 2 is 2.09 bits per heavy atom. The van der Waals surface area contributed by atoms with Crippen LogP contribution in [-0.2, 0) is 4.74 Å². The van der Waals surface area contributed by atoms with Gasteiger partial charge in [-0.25, -0.2) is 4.79 Å². The van der Waals surface area contributed by atoms with Crippen molar-refractivity contribution in [2.24, 2.45) is 0 Å². The zero-order valence-corrected chi connectivity index (χ0v) is 12.3. The van der Waals surface area contributed by atoms with Crippen molar-refractivity contribution >= 4 is 6.08 Å². The van der Waals surface area contributed by atoms with Crippen molar-refractivity contribution in [2.75, 3.05) is 13.2 Å². The number of aliphatic hydroxyl groups excluding tert-OH is 5. The average molecular weight is 328 g/mol. The molecule has 1 saturated heterocycles. The highest BCUT2D eigenvalue weighted by Crippen LogP contribution is 2.27. The fraction of sp³-hybridized carbons (Fsp3) is 0.571. The highest BCUT2D eigenvalue weighted by molar-refractivity contribution is 5.45. The first-order valence-corrected chi connectivity index (χ1v) is 7.20. The highest BCUT2D eigenvalue weighted by atomic mass is 16.6. The first-order valence-electron chi connectivity index (χ1n) is 7.20. The van der Waals surface area contributed by atoms with Gasteiger partial charge in [-0.2, -0.15) is 4.98 Å². The van der Waals surface area contributed by atoms with Crippen molar-refractivity contribution in [1.82, 2.24) is 9.55 Å². The van der Waals surface area contributed by atoms with Crippen LogP contribution < -0.4 is 5.69 Å². The summed E-state index contributed by atoms with van der Waals surface area (Å²) in [5, 5.41) is 47.0. The predicted octanol–water partition coefficient (Wildman–Crippen LogP) is -1.47. The van der Waals surface area contributed by atoms with Crippen molar-refractivity contribution in [2.45, 2.75) is 37.4 Å². The van der Waals surface area contributed by atoms with E-state index in [1.807, 2.05) is 0 Å². The number of aromatic nitrogens is 2. The second-order valence-electron chi connectivity index (χ2n) is 5.23. The van der Waals surface area contributed by atoms with Crippen LogP contribution in [0.5, 0.6) is 0 Å². The normalized spacial score (nSPS) is 28.3. The van der Waals surface area contributed by atoms with Crippen molar-refractivity contribution in [3.05, 3.63) is 34.2 Å². The molecule has 0 saturated carbocycles. The lowest BCUT2D eigenvalue weighted by atomic mass is 10.1. The first kappa shape index (κ1) is 17.6. The maximum Gasteiger partial charge on any atom is 0.350 e. The van der Waals surface area contributed by atoms with Crippen LogP contribution in [0.4, 0.5) is 0 Å². The van der Waals surface area contributed by atoms with E-state index >= 15 is 0 Å². The number of hydrogen-bond acceptors (Lipinski definition) is 8. The summed E-state index contributed by atoms with van der Waals surface area (Å²) in [5.74, 6) is -0.0170. The van der Waals surface area contributed by atoms with Gasteiger partial charge in [0.25, 0.3) is 0 Å². The number of hydrogen-bond donors (Lipinski definition) is 5. The largest absolute Gasteiger partial charge is 0.512 e. The molecule has 5 N–H and O–H groups in total. The molecule has 0 aromatic carbocycles. The lowest BCUT2D eigenvalue weighted by molar-refractivity contribution is -0.0549. The van der Waals surface area contributed by atoms with Gasteiger partial charge in [-0.15, -0.1) is 0 Å². The second kappa shape index (κ2) is 7.66. The Morgan fingerprint density at radius 1 is 1.35 bits per heavy atom. The van der Waals surface area contributed by atoms with Gasteiger partial charge in [0, 0.05) is 25.3 Å². The second-order valence-corrected chi connectivity index (χ2v) is 5.23. The van der Waals surface area contributed by atoms with Gasteiger partial charge < -0.3 is 30.3 Å². The lowest BCUT2D eigenvalue weighted by Crippen LogP contribution is -2.36. The Hall–Kier alpha value is -1.78. The molecule has 0 unspecified atom stereocenters. The van der Waals surface area contributed by atoms with Gasteiger partial charge >= 0.3 is 5.69 Å². The molecule has 128 valence electrons. The van der Waals surface area contributed by atoms with Crippen LogP contribution in [0, 0.1) is 0 Å². The summed E-state index contributed by atoms with van der Waals surface area (Å²) in [7, 11) is 0. The van der Waals surface area contributed by atoms with Crippen LogP contribution in [0.3, 0.4) is 0 Å². The molecule has 0 spiro atoms. The number of allylic oxidation sites excluding steroid dienone is 1. The smallest absolute Gasteiger partial charge is 0.350 e. The van der Waals surface area contributed by atoms with Crippen molar-refractivity contribution < 1.29 is 30.3 Å². The van der Waals surface area contributed by atoms with E-state index in [9.17, 15) is 20.1 Å². The zero-order chi connectivity index (χ0) is 17.0. The van der Waals surface area contributed by atoms with Crippen LogP contribution in [0.25, 0.3) is 6.08 Å². The molecule has 1 aliphatic heterocycles. The van der Waals surface area contributed by atoms with Crippen LogP contribution in [-0.4, -0.2) is 66.6 Å². The molecule has 1 fully saturated rings. The summed E-state index contributed by atoms with van der Waals surface area (Å²) in [6, 6.07) is 1.44. The Labute approximate surface area is 131 Å². The molecule has 9 nitrogen and oxygen atoms in total. The van der Waals surface area contributed by atoms with Crippen molar-refractivity contribution in [1.29, 1.82) is 0 Å². The van der Waals surface area contributed by atoms with Crippen LogP contribution in [0.1, 0.15) is 24.8 Å². The topological polar surface area (TPSA) is 145 Å². The van der Waals surface area contributed by atoms with E-state index in [1.165, 1.54) is 18.3 Å². The van der Waals surface area contributed by atoms with Gasteiger partial charge in [-0.3, -0.25) is 4.57 Å². The summed E-state index contributed by atoms with van der Waals surface area (Å²) >= 11 is 0. The molecule has 23 heavy (non-hydrogen) atoms. The van der Waals surface area contributed by atoms with Crippen molar-refractivity contribution in [3.8, 4) is 0 Å². The molecule has 2 rings (SSSR count). The molecule has 9 heteroatoms. The summed E-state index contributed by atoms with van der Waals surface area (Å²) in [6.07, 6.45) is -1.53. The quantitative estimate of drug-likeness (QED) is 0.398. The van der Waals surface area contributed by atoms with Gasteiger partial charge in [0.1, 0.15) is 18.3 Å². The van der Waals surface area contributed by atoms with Gasteiger partial charge in [-0.1, -0.05) is 0 Å². The maximum absolute atomic E-state index is 12.0. The molecule has 4 atom stereocenters. The first-order chi connectivity index (χ1) is 11.0. The Morgan fingerprint density at radius 3 is 2.65 bits per heavy atom. The number of nitrogens with zero attached hydrogens (tertiary/aromatic N) is 2. The molecule has 0 amide bonds. The van der Waals surface area contributed by atoms with E-state index in [2.05, 4.69) is 4.98 Å². The molecule has 1 aromatic rings. The van der Waals surface area contributed by atoms with E-state index in [4.69, 9.17) is 14.9 Å². The van der Waals surface area contributed by atoms with Crippen LogP contribution >= 0.6 is 0 Å². The van der Waals surface area contributed by atoms with Crippen LogP contribution in [0.2, 0.25) is 0 Å². The Bertz CT molecular complexity index is 615. The maximum atomic E-state index is 12.0. The minimum Gasteiger partial charge on any atom is -0.512 e. The number of rotatable bonds is 6. The van der Waals surface area contributed by atoms with Crippen molar-refractivity contribution in [3.63, 3.8) is 0 Å². The summed E-state index contributed by atoms with van der Waals surface area (Å²) in [4.78, 5) is 15.8. The average Bonchev–Trinajstić information content (AvgIpc) is 2.81. The lowest BCUT2D eigenvalue weighted by Gasteiger charge is -2.16. The summed E-state index contributed by atoms with van der Waals surface area (Å²) in [5.41, 5.74) is -0.517. The molecular formula is C14H20N2O7. The van der Waals surface area contributed by atoms with Gasteiger partial charge in [0.05, 0.1) is 18.1 Å². The minimum absolute atomic E-state index is 0.0170. The van der Waals surface area contributed by atoms with E-state index < -0.39 is 36.8 Å². The predicted molar refractivity (Wildman–Crippen MR) is 78.4 cm³/mol. The minimum atomic E-state index is -1.37. The molecular weight excluding hydrogens is 308 g/mol. The molecule has 1 aromatic heterocycles. The fourth-order valence-corrected chi connectivity index (χ4v) is 2.31. The summed E-state index contributed by atoms with van der Waals surface area (Å²) < 4.78 is 6.26. The SMILES string of the molecule is O=c1nc(/C=C(\O)CCCO)ccn1[C@@H]1O[C@H](CO)[C@@H](O)[C@H]1O. The van der Waals surface area contributed by atoms with E-state index in [1.54, 1.807) is 0 Å². The van der Waals surface area contributed by atoms with Crippen LogP contribution in [0.15, 0.2) is 22.8 Å². The Balaban J connectivity index is 2.19. The van der Waals surface area contributed by atoms with Gasteiger partial charge in [0.2, 0.25) is 0 Å². The van der Waals surface area contributed by atoms with E-state index in [0.717, 1.165) is 4.57 Å². The summed E-state index contributed by atoms with van der Waals surface area (Å²) in [6.45, 7) is -0.547. The molecule has 2 heterocycles. The monoisotopic (exact) mass is 328 g/mol. The standard InChI is InChI=1S/C14H20N2O7/c17-5-1-2-9(19)6-8-3-4-16(14(22)15-8)13-12(21)11(20)10(7-18)23-13/h3-4,6,10-13,17-21H,1-2,5,7H2/b9-6-/t10-,11-,12-,13-/m1/s1. The van der Waals surface area contributed by atoms with E-state index in [0.29, 0.717) is 6.42 Å². The molecule has 1 aliphatic rings. The van der Waals surface area contributed by atoms with Gasteiger partial charge in [0.15, 0.2) is 6.23 Å². The Kier molecular flexibility index (Phi) is 5.85. The third kappa shape index (κ3) is 3.95. The van der Waals surface area contributed by atoms with E-state index in [-0.39, 0.29) is 24.5 Å². The highest BCUT2D eigenvalue weighted by Gasteiger charge is 2.43. The molecule has 0 aliphatic carbocycles. The third-order valence-electron chi connectivity index (χ3n) is 3.55. The third-order valence-corrected chi connectivity index (χ3v) is 3.55. The number of aliphatic hydroxyl groups is 5. The fourth-order valence-electron chi connectivity index (χ4n) is 2.31. The molecule has 0 bridgehead atoms.